The molecule has 0 bridgehead atoms. The number of hydrogen-bond acceptors (Lipinski definition) is 7. The van der Waals surface area contributed by atoms with Gasteiger partial charge in [0.05, 0.1) is 11.8 Å². The van der Waals surface area contributed by atoms with Gasteiger partial charge in [-0.25, -0.2) is 22.7 Å². The highest BCUT2D eigenvalue weighted by Gasteiger charge is 2.30. The Morgan fingerprint density at radius 3 is 2.25 bits per heavy atom. The van der Waals surface area contributed by atoms with Crippen LogP contribution in [0.3, 0.4) is 0 Å². The minimum Gasteiger partial charge on any atom is -0.486 e. The third kappa shape index (κ3) is 12.9. The predicted octanol–water partition coefficient (Wildman–Crippen LogP) is 3.70. The molecule has 0 spiro atoms. The molecule has 40 heavy (non-hydrogen) atoms. The van der Waals surface area contributed by atoms with Crippen molar-refractivity contribution in [1.82, 2.24) is 15.4 Å². The molecule has 0 radical (unpaired) electrons. The van der Waals surface area contributed by atoms with Gasteiger partial charge in [0.1, 0.15) is 19.0 Å². The molecule has 2 aromatic carbocycles. The van der Waals surface area contributed by atoms with E-state index in [4.69, 9.17) is 14.6 Å². The molecule has 0 saturated heterocycles. The Labute approximate surface area is 235 Å². The van der Waals surface area contributed by atoms with Crippen molar-refractivity contribution in [1.29, 1.82) is 0 Å². The summed E-state index contributed by atoms with van der Waals surface area (Å²) >= 11 is 0. The third-order valence-electron chi connectivity index (χ3n) is 6.28. The summed E-state index contributed by atoms with van der Waals surface area (Å²) < 4.78 is 39.7. The van der Waals surface area contributed by atoms with Crippen molar-refractivity contribution in [2.45, 2.75) is 58.2 Å². The number of amides is 2. The molecular formula is C28H39N3O8S. The molecule has 12 heteroatoms. The van der Waals surface area contributed by atoms with Gasteiger partial charge in [0, 0.05) is 12.6 Å². The van der Waals surface area contributed by atoms with Crippen molar-refractivity contribution in [3.63, 3.8) is 0 Å². The molecule has 2 rings (SSSR count). The van der Waals surface area contributed by atoms with E-state index >= 15 is 0 Å². The molecule has 2 amide bonds. The summed E-state index contributed by atoms with van der Waals surface area (Å²) in [5.41, 5.74) is 0.796. The number of sulfonamides is 1. The Hall–Kier alpha value is -3.64. The van der Waals surface area contributed by atoms with E-state index in [1.807, 2.05) is 44.2 Å². The predicted molar refractivity (Wildman–Crippen MR) is 151 cm³/mol. The third-order valence-corrected chi connectivity index (χ3v) is 7.72. The maximum atomic E-state index is 13.2. The van der Waals surface area contributed by atoms with Crippen LogP contribution in [-0.2, 0) is 26.2 Å². The van der Waals surface area contributed by atoms with Crippen molar-refractivity contribution in [3.05, 3.63) is 66.2 Å². The number of carboxylic acid groups (broad SMARTS) is 1. The summed E-state index contributed by atoms with van der Waals surface area (Å²) in [5.74, 6) is -0.641. The zero-order valence-corrected chi connectivity index (χ0v) is 23.7. The highest BCUT2D eigenvalue weighted by atomic mass is 32.2. The van der Waals surface area contributed by atoms with Crippen molar-refractivity contribution < 1.29 is 37.4 Å². The number of hydrogen-bond donors (Lipinski definition) is 4. The number of alkyl carbamates (subject to hydrolysis) is 1. The van der Waals surface area contributed by atoms with Gasteiger partial charge < -0.3 is 25.2 Å². The van der Waals surface area contributed by atoms with Crippen LogP contribution in [0.1, 0.15) is 45.1 Å². The SMILES string of the molecule is CCC(C)[C@@H](CS(=O)(=O)NC(CCCCNC(=O)O)C(=O)COc1ccccc1)NC(=O)OCc1ccccc1. The molecule has 4 N–H and O–H groups in total. The van der Waals surface area contributed by atoms with E-state index in [9.17, 15) is 22.8 Å². The molecule has 0 heterocycles. The number of unbranched alkanes of at least 4 members (excludes halogenated alkanes) is 1. The van der Waals surface area contributed by atoms with Crippen LogP contribution in [0.5, 0.6) is 5.75 Å². The number of benzene rings is 2. The number of Topliss-reactive ketones (excluding diaryl/α,β-unsaturated/α-hetero) is 1. The van der Waals surface area contributed by atoms with E-state index < -0.39 is 45.8 Å². The van der Waals surface area contributed by atoms with Gasteiger partial charge in [-0.2, -0.15) is 0 Å². The fourth-order valence-electron chi connectivity index (χ4n) is 3.78. The van der Waals surface area contributed by atoms with Crippen molar-refractivity contribution >= 4 is 28.0 Å². The maximum Gasteiger partial charge on any atom is 0.407 e. The van der Waals surface area contributed by atoms with Gasteiger partial charge in [-0.05, 0) is 42.9 Å². The summed E-state index contributed by atoms with van der Waals surface area (Å²) in [6, 6.07) is 15.9. The van der Waals surface area contributed by atoms with Gasteiger partial charge in [0.15, 0.2) is 5.78 Å². The summed E-state index contributed by atoms with van der Waals surface area (Å²) in [7, 11) is -4.04. The Bertz CT molecular complexity index is 1160. The minimum atomic E-state index is -4.04. The van der Waals surface area contributed by atoms with Crippen LogP contribution in [0, 0.1) is 5.92 Å². The Balaban J connectivity index is 2.03. The fourth-order valence-corrected chi connectivity index (χ4v) is 5.44. The Kier molecular flexibility index (Phi) is 14.0. The van der Waals surface area contributed by atoms with Gasteiger partial charge in [-0.1, -0.05) is 68.8 Å². The topological polar surface area (TPSA) is 160 Å². The zero-order chi connectivity index (χ0) is 29.4. The first-order valence-electron chi connectivity index (χ1n) is 13.2. The second kappa shape index (κ2) is 17.1. The van der Waals surface area contributed by atoms with E-state index in [1.165, 1.54) is 0 Å². The van der Waals surface area contributed by atoms with E-state index in [-0.39, 0.29) is 32.1 Å². The number of carbonyl (C=O) groups excluding carboxylic acids is 2. The first-order valence-corrected chi connectivity index (χ1v) is 14.9. The highest BCUT2D eigenvalue weighted by Crippen LogP contribution is 2.14. The van der Waals surface area contributed by atoms with Crippen molar-refractivity contribution in [3.8, 4) is 5.75 Å². The van der Waals surface area contributed by atoms with Gasteiger partial charge in [-0.3, -0.25) is 4.79 Å². The van der Waals surface area contributed by atoms with Gasteiger partial charge >= 0.3 is 12.2 Å². The zero-order valence-electron chi connectivity index (χ0n) is 22.9. The van der Waals surface area contributed by atoms with Gasteiger partial charge in [0.25, 0.3) is 0 Å². The van der Waals surface area contributed by atoms with E-state index in [0.717, 1.165) is 5.56 Å². The first kappa shape index (κ1) is 32.6. The molecule has 3 atom stereocenters. The lowest BCUT2D eigenvalue weighted by Crippen LogP contribution is -2.50. The number of nitrogens with one attached hydrogen (secondary N) is 3. The molecule has 220 valence electrons. The van der Waals surface area contributed by atoms with Crippen molar-refractivity contribution in [2.75, 3.05) is 18.9 Å². The number of carbonyl (C=O) groups is 3. The van der Waals surface area contributed by atoms with Crippen LogP contribution in [0.2, 0.25) is 0 Å². The van der Waals surface area contributed by atoms with Crippen LogP contribution in [0.15, 0.2) is 60.7 Å². The number of para-hydroxylation sites is 1. The largest absolute Gasteiger partial charge is 0.486 e. The second-order valence-corrected chi connectivity index (χ2v) is 11.2. The standard InChI is InChI=1S/C28H39N3O8S/c1-3-21(2)25(30-28(35)39-18-22-12-6-4-7-13-22)20-40(36,37)31-24(16-10-11-17-29-27(33)34)26(32)19-38-23-14-8-5-9-15-23/h4-9,12-15,21,24-25,29,31H,3,10-11,16-20H2,1-2H3,(H,30,35)(H,33,34)/t21?,24?,25-/m1/s1. The molecule has 2 unspecified atom stereocenters. The van der Waals surface area contributed by atoms with Gasteiger partial charge in [0.2, 0.25) is 10.0 Å². The lowest BCUT2D eigenvalue weighted by atomic mass is 10.0. The summed E-state index contributed by atoms with van der Waals surface area (Å²) in [6.07, 6.45) is -0.332. The normalized spacial score (nSPS) is 13.4. The number of ketones is 1. The van der Waals surface area contributed by atoms with Crippen LogP contribution in [0.4, 0.5) is 9.59 Å². The summed E-state index contributed by atoms with van der Waals surface area (Å²) in [4.78, 5) is 36.1. The molecule has 0 aliphatic rings. The van der Waals surface area contributed by atoms with Crippen LogP contribution in [0.25, 0.3) is 0 Å². The van der Waals surface area contributed by atoms with E-state index in [0.29, 0.717) is 25.0 Å². The molecule has 0 aliphatic carbocycles. The lowest BCUT2D eigenvalue weighted by Gasteiger charge is -2.25. The Morgan fingerprint density at radius 2 is 1.62 bits per heavy atom. The Morgan fingerprint density at radius 1 is 0.975 bits per heavy atom. The molecule has 0 fully saturated rings. The maximum absolute atomic E-state index is 13.2. The van der Waals surface area contributed by atoms with Gasteiger partial charge in [-0.15, -0.1) is 0 Å². The molecule has 11 nitrogen and oxygen atoms in total. The smallest absolute Gasteiger partial charge is 0.407 e. The summed E-state index contributed by atoms with van der Waals surface area (Å²) in [5, 5.41) is 13.6. The highest BCUT2D eigenvalue weighted by molar-refractivity contribution is 7.89. The van der Waals surface area contributed by atoms with E-state index in [2.05, 4.69) is 15.4 Å². The molecule has 2 aromatic rings. The average Bonchev–Trinajstić information content (AvgIpc) is 2.94. The fraction of sp³-hybridized carbons (Fsp3) is 0.464. The first-order chi connectivity index (χ1) is 19.1. The van der Waals surface area contributed by atoms with Crippen LogP contribution < -0.4 is 20.1 Å². The van der Waals surface area contributed by atoms with Crippen LogP contribution in [-0.4, -0.2) is 62.5 Å². The van der Waals surface area contributed by atoms with Crippen LogP contribution >= 0.6 is 0 Å². The lowest BCUT2D eigenvalue weighted by molar-refractivity contribution is -0.122. The molecule has 0 aromatic heterocycles. The monoisotopic (exact) mass is 577 g/mol. The van der Waals surface area contributed by atoms with E-state index in [1.54, 1.807) is 30.3 Å². The summed E-state index contributed by atoms with van der Waals surface area (Å²) in [6.45, 7) is 3.58. The molecular weight excluding hydrogens is 538 g/mol. The minimum absolute atomic E-state index is 0.0413. The van der Waals surface area contributed by atoms with Crippen molar-refractivity contribution in [2.24, 2.45) is 5.92 Å². The molecule has 0 aliphatic heterocycles. The molecule has 0 saturated carbocycles. The number of rotatable bonds is 18. The number of ether oxygens (including phenoxy) is 2. The average molecular weight is 578 g/mol. The quantitative estimate of drug-likeness (QED) is 0.195. The second-order valence-electron chi connectivity index (χ2n) is 9.45.